The van der Waals surface area contributed by atoms with Crippen LogP contribution in [0.4, 0.5) is 0 Å². The number of hydrogen-bond acceptors (Lipinski definition) is 3. The number of hydrogen-bond donors (Lipinski definition) is 1. The van der Waals surface area contributed by atoms with Crippen molar-refractivity contribution in [3.05, 3.63) is 29.8 Å². The Hall–Kier alpha value is -1.06. The Bertz CT molecular complexity index is 404. The van der Waals surface area contributed by atoms with Crippen molar-refractivity contribution >= 4 is 0 Å². The van der Waals surface area contributed by atoms with E-state index in [1.54, 1.807) is 0 Å². The predicted molar refractivity (Wildman–Crippen MR) is 86.8 cm³/mol. The van der Waals surface area contributed by atoms with Crippen LogP contribution in [0.3, 0.4) is 0 Å². The van der Waals surface area contributed by atoms with Gasteiger partial charge in [0.25, 0.3) is 0 Å². The molecule has 1 N–H and O–H groups in total. The van der Waals surface area contributed by atoms with Crippen LogP contribution in [-0.2, 0) is 6.42 Å². The third-order valence-corrected chi connectivity index (χ3v) is 4.41. The van der Waals surface area contributed by atoms with Gasteiger partial charge in [-0.25, -0.2) is 0 Å². The van der Waals surface area contributed by atoms with Crippen LogP contribution in [0.5, 0.6) is 5.75 Å². The third-order valence-electron chi connectivity index (χ3n) is 4.41. The van der Waals surface area contributed by atoms with Crippen LogP contribution >= 0.6 is 0 Å². The van der Waals surface area contributed by atoms with Gasteiger partial charge in [0.15, 0.2) is 0 Å². The van der Waals surface area contributed by atoms with Gasteiger partial charge in [0.05, 0.1) is 12.7 Å². The Morgan fingerprint density at radius 2 is 2.00 bits per heavy atom. The van der Waals surface area contributed by atoms with Crippen molar-refractivity contribution in [2.45, 2.75) is 45.6 Å². The van der Waals surface area contributed by atoms with Gasteiger partial charge in [-0.15, -0.1) is 0 Å². The van der Waals surface area contributed by atoms with Gasteiger partial charge in [-0.2, -0.15) is 0 Å². The molecule has 0 aliphatic carbocycles. The van der Waals surface area contributed by atoms with Gasteiger partial charge >= 0.3 is 0 Å². The van der Waals surface area contributed by atoms with Crippen LogP contribution in [0.15, 0.2) is 24.3 Å². The number of aliphatic hydroxyl groups excluding tert-OH is 1. The molecule has 0 bridgehead atoms. The smallest absolute Gasteiger partial charge is 0.119 e. The van der Waals surface area contributed by atoms with Crippen molar-refractivity contribution in [1.82, 2.24) is 4.90 Å². The Balaban J connectivity index is 1.87. The highest BCUT2D eigenvalue weighted by atomic mass is 16.5. The molecular formula is C18H29NO2. The van der Waals surface area contributed by atoms with E-state index in [1.807, 2.05) is 0 Å². The van der Waals surface area contributed by atoms with Crippen molar-refractivity contribution in [3.63, 3.8) is 0 Å². The highest BCUT2D eigenvalue weighted by Crippen LogP contribution is 2.22. The summed E-state index contributed by atoms with van der Waals surface area (Å²) in [5.74, 6) is 1.30. The SMILES string of the molecule is CCCCOc1ccc(CC2CN(CC)CCC2O)cc1. The largest absolute Gasteiger partial charge is 0.494 e. The first-order valence-electron chi connectivity index (χ1n) is 8.35. The molecule has 1 aliphatic heterocycles. The molecule has 1 heterocycles. The Kier molecular flexibility index (Phi) is 6.52. The van der Waals surface area contributed by atoms with E-state index in [9.17, 15) is 5.11 Å². The second-order valence-electron chi connectivity index (χ2n) is 6.06. The average molecular weight is 291 g/mol. The van der Waals surface area contributed by atoms with Crippen LogP contribution in [0.1, 0.15) is 38.7 Å². The molecule has 1 aromatic rings. The van der Waals surface area contributed by atoms with Gasteiger partial charge < -0.3 is 14.7 Å². The highest BCUT2D eigenvalue weighted by Gasteiger charge is 2.26. The fraction of sp³-hybridized carbons (Fsp3) is 0.667. The molecule has 1 aromatic carbocycles. The third kappa shape index (κ3) is 5.01. The summed E-state index contributed by atoms with van der Waals surface area (Å²) < 4.78 is 5.69. The molecule has 3 heteroatoms. The van der Waals surface area contributed by atoms with E-state index in [2.05, 4.69) is 43.0 Å². The van der Waals surface area contributed by atoms with Crippen LogP contribution in [-0.4, -0.2) is 42.4 Å². The van der Waals surface area contributed by atoms with Crippen molar-refractivity contribution in [1.29, 1.82) is 0 Å². The minimum Gasteiger partial charge on any atom is -0.494 e. The number of rotatable bonds is 7. The molecule has 2 atom stereocenters. The number of nitrogens with zero attached hydrogens (tertiary/aromatic N) is 1. The van der Waals surface area contributed by atoms with Gasteiger partial charge in [-0.3, -0.25) is 0 Å². The Labute approximate surface area is 128 Å². The van der Waals surface area contributed by atoms with E-state index in [4.69, 9.17) is 4.74 Å². The maximum Gasteiger partial charge on any atom is 0.119 e. The van der Waals surface area contributed by atoms with Crippen LogP contribution in [0.25, 0.3) is 0 Å². The molecular weight excluding hydrogens is 262 g/mol. The molecule has 0 saturated carbocycles. The quantitative estimate of drug-likeness (QED) is 0.784. The number of unbranched alkanes of at least 4 members (excludes halogenated alkanes) is 1. The predicted octanol–water partition coefficient (Wildman–Crippen LogP) is 3.11. The first-order chi connectivity index (χ1) is 10.2. The number of likely N-dealkylation sites (tertiary alicyclic amines) is 1. The molecule has 0 aromatic heterocycles. The molecule has 0 radical (unpaired) electrons. The second kappa shape index (κ2) is 8.40. The molecule has 1 fully saturated rings. The maximum atomic E-state index is 10.2. The molecule has 0 amide bonds. The van der Waals surface area contributed by atoms with Gasteiger partial charge in [-0.05, 0) is 43.5 Å². The lowest BCUT2D eigenvalue weighted by Crippen LogP contribution is -2.43. The molecule has 2 unspecified atom stereocenters. The Morgan fingerprint density at radius 1 is 1.24 bits per heavy atom. The zero-order chi connectivity index (χ0) is 15.1. The maximum absolute atomic E-state index is 10.2. The lowest BCUT2D eigenvalue weighted by molar-refractivity contribution is 0.0290. The van der Waals surface area contributed by atoms with E-state index in [0.717, 1.165) is 57.7 Å². The molecule has 0 spiro atoms. The first kappa shape index (κ1) is 16.3. The van der Waals surface area contributed by atoms with Gasteiger partial charge in [0.2, 0.25) is 0 Å². The first-order valence-corrected chi connectivity index (χ1v) is 8.35. The summed E-state index contributed by atoms with van der Waals surface area (Å²) in [5, 5.41) is 10.2. The monoisotopic (exact) mass is 291 g/mol. The number of ether oxygens (including phenoxy) is 1. The topological polar surface area (TPSA) is 32.7 Å². The standard InChI is InChI=1S/C18H29NO2/c1-3-5-12-21-17-8-6-15(7-9-17)13-16-14-19(4-2)11-10-18(16)20/h6-9,16,18,20H,3-5,10-14H2,1-2H3. The summed E-state index contributed by atoms with van der Waals surface area (Å²) in [4.78, 5) is 2.43. The number of aliphatic hydroxyl groups is 1. The zero-order valence-corrected chi connectivity index (χ0v) is 13.4. The summed E-state index contributed by atoms with van der Waals surface area (Å²) in [6.45, 7) is 8.26. The summed E-state index contributed by atoms with van der Waals surface area (Å²) in [6, 6.07) is 8.38. The molecule has 21 heavy (non-hydrogen) atoms. The lowest BCUT2D eigenvalue weighted by Gasteiger charge is -2.35. The van der Waals surface area contributed by atoms with Gasteiger partial charge in [0, 0.05) is 19.0 Å². The van der Waals surface area contributed by atoms with Gasteiger partial charge in [-0.1, -0.05) is 32.4 Å². The van der Waals surface area contributed by atoms with Crippen molar-refractivity contribution < 1.29 is 9.84 Å². The molecule has 1 saturated heterocycles. The van der Waals surface area contributed by atoms with E-state index in [0.29, 0.717) is 5.92 Å². The molecule has 118 valence electrons. The normalized spacial score (nSPS) is 23.2. The van der Waals surface area contributed by atoms with Crippen molar-refractivity contribution in [3.8, 4) is 5.75 Å². The second-order valence-corrected chi connectivity index (χ2v) is 6.06. The van der Waals surface area contributed by atoms with Gasteiger partial charge in [0.1, 0.15) is 5.75 Å². The zero-order valence-electron chi connectivity index (χ0n) is 13.4. The molecule has 2 rings (SSSR count). The molecule has 1 aliphatic rings. The fourth-order valence-electron chi connectivity index (χ4n) is 2.94. The molecule has 3 nitrogen and oxygen atoms in total. The highest BCUT2D eigenvalue weighted by molar-refractivity contribution is 5.27. The van der Waals surface area contributed by atoms with Crippen molar-refractivity contribution in [2.24, 2.45) is 5.92 Å². The van der Waals surface area contributed by atoms with E-state index in [1.165, 1.54) is 5.56 Å². The number of piperidine rings is 1. The summed E-state index contributed by atoms with van der Waals surface area (Å²) in [5.41, 5.74) is 1.29. The average Bonchev–Trinajstić information content (AvgIpc) is 2.51. The van der Waals surface area contributed by atoms with Crippen LogP contribution in [0, 0.1) is 5.92 Å². The summed E-state index contributed by atoms with van der Waals surface area (Å²) in [7, 11) is 0. The van der Waals surface area contributed by atoms with Crippen LogP contribution < -0.4 is 4.74 Å². The Morgan fingerprint density at radius 3 is 2.67 bits per heavy atom. The van der Waals surface area contributed by atoms with E-state index in [-0.39, 0.29) is 6.10 Å². The van der Waals surface area contributed by atoms with E-state index >= 15 is 0 Å². The fourth-order valence-corrected chi connectivity index (χ4v) is 2.94. The van der Waals surface area contributed by atoms with E-state index < -0.39 is 0 Å². The lowest BCUT2D eigenvalue weighted by atomic mass is 9.89. The summed E-state index contributed by atoms with van der Waals surface area (Å²) in [6.07, 6.45) is 3.95. The number of benzene rings is 1. The minimum absolute atomic E-state index is 0.159. The summed E-state index contributed by atoms with van der Waals surface area (Å²) >= 11 is 0. The minimum atomic E-state index is -0.159. The van der Waals surface area contributed by atoms with Crippen LogP contribution in [0.2, 0.25) is 0 Å². The van der Waals surface area contributed by atoms with Crippen molar-refractivity contribution in [2.75, 3.05) is 26.2 Å².